The standard InChI is InChI=1S/C10H14S2/c1-10(2,3)8-6-7(11)4-5-9(8)12/h4-6,11-12H,1-3H3. The molecule has 0 fully saturated rings. The maximum atomic E-state index is 4.40. The Hall–Kier alpha value is -0.0800. The van der Waals surface area contributed by atoms with Gasteiger partial charge in [0.2, 0.25) is 0 Å². The third kappa shape index (κ3) is 2.20. The van der Waals surface area contributed by atoms with Crippen molar-refractivity contribution in [2.24, 2.45) is 0 Å². The van der Waals surface area contributed by atoms with Crippen LogP contribution in [0.3, 0.4) is 0 Å². The van der Waals surface area contributed by atoms with Gasteiger partial charge in [-0.05, 0) is 29.2 Å². The lowest BCUT2D eigenvalue weighted by molar-refractivity contribution is 0.576. The van der Waals surface area contributed by atoms with Crippen molar-refractivity contribution >= 4 is 25.3 Å². The molecule has 0 heterocycles. The summed E-state index contributed by atoms with van der Waals surface area (Å²) in [5.41, 5.74) is 1.40. The molecule has 0 amide bonds. The Morgan fingerprint density at radius 2 is 1.67 bits per heavy atom. The van der Waals surface area contributed by atoms with Gasteiger partial charge in [0.15, 0.2) is 0 Å². The molecule has 1 aromatic rings. The van der Waals surface area contributed by atoms with Crippen molar-refractivity contribution in [3.63, 3.8) is 0 Å². The van der Waals surface area contributed by atoms with Crippen LogP contribution in [0.2, 0.25) is 0 Å². The van der Waals surface area contributed by atoms with Crippen LogP contribution in [0.25, 0.3) is 0 Å². The average Bonchev–Trinajstić information content (AvgIpc) is 1.92. The molecular weight excluding hydrogens is 184 g/mol. The van der Waals surface area contributed by atoms with Gasteiger partial charge in [-0.15, -0.1) is 25.3 Å². The molecule has 0 nitrogen and oxygen atoms in total. The molecular formula is C10H14S2. The van der Waals surface area contributed by atoms with Crippen molar-refractivity contribution in [1.82, 2.24) is 0 Å². The maximum absolute atomic E-state index is 4.40. The third-order valence-corrected chi connectivity index (χ3v) is 2.46. The van der Waals surface area contributed by atoms with E-state index in [0.29, 0.717) is 0 Å². The molecule has 0 saturated carbocycles. The number of hydrogen-bond donors (Lipinski definition) is 2. The topological polar surface area (TPSA) is 0 Å². The van der Waals surface area contributed by atoms with Crippen LogP contribution in [0.4, 0.5) is 0 Å². The SMILES string of the molecule is CC(C)(C)c1cc(S)ccc1S. The normalized spacial score (nSPS) is 11.8. The van der Waals surface area contributed by atoms with E-state index in [-0.39, 0.29) is 5.41 Å². The minimum Gasteiger partial charge on any atom is -0.143 e. The molecule has 0 aliphatic rings. The summed E-state index contributed by atoms with van der Waals surface area (Å²) in [6.45, 7) is 6.53. The summed E-state index contributed by atoms with van der Waals surface area (Å²) in [5.74, 6) is 0. The molecule has 66 valence electrons. The van der Waals surface area contributed by atoms with Gasteiger partial charge in [-0.2, -0.15) is 0 Å². The van der Waals surface area contributed by atoms with Crippen LogP contribution in [0.5, 0.6) is 0 Å². The lowest BCUT2D eigenvalue weighted by Gasteiger charge is -2.21. The number of rotatable bonds is 0. The Morgan fingerprint density at radius 1 is 1.08 bits per heavy atom. The van der Waals surface area contributed by atoms with Gasteiger partial charge in [-0.3, -0.25) is 0 Å². The zero-order valence-electron chi connectivity index (χ0n) is 7.63. The summed E-state index contributed by atoms with van der Waals surface area (Å²) < 4.78 is 0. The predicted octanol–water partition coefficient (Wildman–Crippen LogP) is 3.56. The third-order valence-electron chi connectivity index (χ3n) is 1.79. The first kappa shape index (κ1) is 10.0. The van der Waals surface area contributed by atoms with E-state index in [0.717, 1.165) is 9.79 Å². The highest BCUT2D eigenvalue weighted by Gasteiger charge is 2.16. The van der Waals surface area contributed by atoms with E-state index < -0.39 is 0 Å². The van der Waals surface area contributed by atoms with E-state index in [1.807, 2.05) is 12.1 Å². The van der Waals surface area contributed by atoms with E-state index in [2.05, 4.69) is 52.1 Å². The van der Waals surface area contributed by atoms with Crippen LogP contribution in [0.1, 0.15) is 26.3 Å². The first-order valence-electron chi connectivity index (χ1n) is 3.94. The van der Waals surface area contributed by atoms with Crippen molar-refractivity contribution in [2.75, 3.05) is 0 Å². The van der Waals surface area contributed by atoms with Crippen molar-refractivity contribution in [2.45, 2.75) is 36.0 Å². The molecule has 0 aromatic heterocycles. The minimum atomic E-state index is 0.149. The van der Waals surface area contributed by atoms with E-state index in [4.69, 9.17) is 0 Å². The Kier molecular flexibility index (Phi) is 2.79. The van der Waals surface area contributed by atoms with Gasteiger partial charge in [0.25, 0.3) is 0 Å². The van der Waals surface area contributed by atoms with Gasteiger partial charge in [0, 0.05) is 9.79 Å². The largest absolute Gasteiger partial charge is 0.143 e. The van der Waals surface area contributed by atoms with Gasteiger partial charge in [-0.1, -0.05) is 20.8 Å². The number of benzene rings is 1. The lowest BCUT2D eigenvalue weighted by Crippen LogP contribution is -2.11. The zero-order chi connectivity index (χ0) is 9.35. The highest BCUT2D eigenvalue weighted by molar-refractivity contribution is 7.80. The Labute approximate surface area is 85.2 Å². The first-order chi connectivity index (χ1) is 5.41. The van der Waals surface area contributed by atoms with Crippen LogP contribution in [0.15, 0.2) is 28.0 Å². The van der Waals surface area contributed by atoms with E-state index in [1.54, 1.807) is 0 Å². The van der Waals surface area contributed by atoms with Gasteiger partial charge >= 0.3 is 0 Å². The molecule has 0 spiro atoms. The molecule has 0 bridgehead atoms. The van der Waals surface area contributed by atoms with Crippen molar-refractivity contribution in [3.05, 3.63) is 23.8 Å². The predicted molar refractivity (Wildman–Crippen MR) is 59.6 cm³/mol. The quantitative estimate of drug-likeness (QED) is 0.585. The minimum absolute atomic E-state index is 0.149. The molecule has 0 unspecified atom stereocenters. The second-order valence-corrected chi connectivity index (χ2v) is 4.95. The van der Waals surface area contributed by atoms with E-state index in [1.165, 1.54) is 5.56 Å². The van der Waals surface area contributed by atoms with Crippen molar-refractivity contribution in [1.29, 1.82) is 0 Å². The summed E-state index contributed by atoms with van der Waals surface area (Å²) in [7, 11) is 0. The van der Waals surface area contributed by atoms with Gasteiger partial charge in [0.05, 0.1) is 0 Å². The molecule has 2 heteroatoms. The fourth-order valence-electron chi connectivity index (χ4n) is 1.12. The molecule has 1 rings (SSSR count). The molecule has 0 aliphatic carbocycles. The van der Waals surface area contributed by atoms with Crippen LogP contribution >= 0.6 is 25.3 Å². The second-order valence-electron chi connectivity index (χ2n) is 3.95. The van der Waals surface area contributed by atoms with Gasteiger partial charge in [-0.25, -0.2) is 0 Å². The molecule has 0 radical (unpaired) electrons. The molecule has 12 heavy (non-hydrogen) atoms. The van der Waals surface area contributed by atoms with Gasteiger partial charge < -0.3 is 0 Å². The van der Waals surface area contributed by atoms with Crippen LogP contribution < -0.4 is 0 Å². The summed E-state index contributed by atoms with van der Waals surface area (Å²) in [6.07, 6.45) is 0. The molecule has 0 saturated heterocycles. The number of thiol groups is 2. The molecule has 0 aliphatic heterocycles. The second kappa shape index (κ2) is 3.35. The Balaban J connectivity index is 3.23. The first-order valence-corrected chi connectivity index (χ1v) is 4.83. The summed E-state index contributed by atoms with van der Waals surface area (Å²) in [4.78, 5) is 2.04. The van der Waals surface area contributed by atoms with Crippen LogP contribution in [-0.4, -0.2) is 0 Å². The smallest absolute Gasteiger partial charge is 0.00781 e. The van der Waals surface area contributed by atoms with Gasteiger partial charge in [0.1, 0.15) is 0 Å². The summed E-state index contributed by atoms with van der Waals surface area (Å²) in [6, 6.07) is 6.03. The Morgan fingerprint density at radius 3 is 2.08 bits per heavy atom. The zero-order valence-corrected chi connectivity index (χ0v) is 9.42. The molecule has 1 aromatic carbocycles. The van der Waals surface area contributed by atoms with Crippen LogP contribution in [-0.2, 0) is 5.41 Å². The van der Waals surface area contributed by atoms with Crippen LogP contribution in [0, 0.1) is 0 Å². The maximum Gasteiger partial charge on any atom is 0.00781 e. The van der Waals surface area contributed by atoms with E-state index >= 15 is 0 Å². The number of hydrogen-bond acceptors (Lipinski definition) is 2. The molecule has 0 atom stereocenters. The highest BCUT2D eigenvalue weighted by atomic mass is 32.1. The van der Waals surface area contributed by atoms with E-state index in [9.17, 15) is 0 Å². The lowest BCUT2D eigenvalue weighted by atomic mass is 9.87. The van der Waals surface area contributed by atoms with Crippen molar-refractivity contribution in [3.8, 4) is 0 Å². The fourth-order valence-corrected chi connectivity index (χ4v) is 1.80. The summed E-state index contributed by atoms with van der Waals surface area (Å²) in [5, 5.41) is 0. The van der Waals surface area contributed by atoms with Crippen molar-refractivity contribution < 1.29 is 0 Å². The average molecular weight is 198 g/mol. The fraction of sp³-hybridized carbons (Fsp3) is 0.400. The molecule has 0 N–H and O–H groups in total. The monoisotopic (exact) mass is 198 g/mol. The Bertz CT molecular complexity index is 284. The highest BCUT2D eigenvalue weighted by Crippen LogP contribution is 2.29. The summed E-state index contributed by atoms with van der Waals surface area (Å²) >= 11 is 8.70.